The van der Waals surface area contributed by atoms with Crippen molar-refractivity contribution in [3.05, 3.63) is 65.7 Å². The smallest absolute Gasteiger partial charge is 0.275 e. The number of nitrogens with zero attached hydrogens (tertiary/aromatic N) is 2. The van der Waals surface area contributed by atoms with Gasteiger partial charge in [0.1, 0.15) is 17.9 Å². The lowest BCUT2D eigenvalue weighted by molar-refractivity contribution is -0.134. The summed E-state index contributed by atoms with van der Waals surface area (Å²) in [6, 6.07) is 17.2. The number of benzene rings is 2. The van der Waals surface area contributed by atoms with Crippen molar-refractivity contribution in [2.75, 3.05) is 11.9 Å². The lowest BCUT2D eigenvalue weighted by Crippen LogP contribution is -2.51. The Labute approximate surface area is 165 Å². The molecule has 1 heterocycles. The van der Waals surface area contributed by atoms with Crippen molar-refractivity contribution in [1.82, 2.24) is 4.90 Å². The molecule has 0 bridgehead atoms. The Morgan fingerprint density at radius 1 is 1.04 bits per heavy atom. The van der Waals surface area contributed by atoms with Gasteiger partial charge in [0, 0.05) is 11.3 Å². The number of hydrogen-bond acceptors (Lipinski definition) is 3. The van der Waals surface area contributed by atoms with Crippen molar-refractivity contribution in [2.24, 2.45) is 4.99 Å². The number of rotatable bonds is 4. The molecule has 1 saturated carbocycles. The summed E-state index contributed by atoms with van der Waals surface area (Å²) in [4.78, 5) is 32.5. The van der Waals surface area contributed by atoms with Crippen LogP contribution in [0.3, 0.4) is 0 Å². The Morgan fingerprint density at radius 3 is 2.39 bits per heavy atom. The van der Waals surface area contributed by atoms with Crippen LogP contribution in [0.25, 0.3) is 0 Å². The van der Waals surface area contributed by atoms with E-state index in [4.69, 9.17) is 4.99 Å². The maximum Gasteiger partial charge on any atom is 0.275 e. The number of carbonyl (C=O) groups is 2. The molecule has 2 aromatic carbocycles. The van der Waals surface area contributed by atoms with Crippen molar-refractivity contribution in [3.8, 4) is 0 Å². The molecule has 0 saturated heterocycles. The quantitative estimate of drug-likeness (QED) is 0.880. The van der Waals surface area contributed by atoms with Gasteiger partial charge in [0.25, 0.3) is 5.91 Å². The van der Waals surface area contributed by atoms with E-state index in [1.807, 2.05) is 61.5 Å². The van der Waals surface area contributed by atoms with E-state index in [0.29, 0.717) is 5.71 Å². The van der Waals surface area contributed by atoms with Crippen LogP contribution in [0.15, 0.2) is 59.6 Å². The predicted molar refractivity (Wildman–Crippen MR) is 110 cm³/mol. The van der Waals surface area contributed by atoms with E-state index < -0.39 is 5.66 Å². The van der Waals surface area contributed by atoms with Crippen molar-refractivity contribution in [1.29, 1.82) is 0 Å². The SMILES string of the molecule is Cc1ccc(C2=NC3(CCCCC3)N(CC(=O)Nc3ccccc3)C2=O)cc1. The molecule has 0 radical (unpaired) electrons. The van der Waals surface area contributed by atoms with Crippen LogP contribution >= 0.6 is 0 Å². The third-order valence-electron chi connectivity index (χ3n) is 5.61. The van der Waals surface area contributed by atoms with Crippen molar-refractivity contribution < 1.29 is 9.59 Å². The molecule has 5 nitrogen and oxygen atoms in total. The maximum atomic E-state index is 13.3. The van der Waals surface area contributed by atoms with E-state index in [1.165, 1.54) is 0 Å². The summed E-state index contributed by atoms with van der Waals surface area (Å²) in [5.41, 5.74) is 2.60. The Kier molecular flexibility index (Phi) is 4.99. The summed E-state index contributed by atoms with van der Waals surface area (Å²) in [6.07, 6.45) is 4.82. The van der Waals surface area contributed by atoms with Gasteiger partial charge in [0.2, 0.25) is 5.91 Å². The van der Waals surface area contributed by atoms with Gasteiger partial charge in [-0.1, -0.05) is 54.4 Å². The monoisotopic (exact) mass is 375 g/mol. The normalized spacial score (nSPS) is 18.2. The second-order valence-corrected chi connectivity index (χ2v) is 7.68. The minimum atomic E-state index is -0.580. The van der Waals surface area contributed by atoms with Gasteiger partial charge in [0.15, 0.2) is 0 Å². The molecule has 1 spiro atoms. The fraction of sp³-hybridized carbons (Fsp3) is 0.348. The number of carbonyl (C=O) groups excluding carboxylic acids is 2. The van der Waals surface area contributed by atoms with Gasteiger partial charge in [-0.05, 0) is 44.7 Å². The summed E-state index contributed by atoms with van der Waals surface area (Å²) in [6.45, 7) is 2.04. The standard InChI is InChI=1S/C23H25N3O2/c1-17-10-12-18(13-11-17)21-22(28)26(23(25-21)14-6-3-7-15-23)16-20(27)24-19-8-4-2-5-9-19/h2,4-5,8-13H,3,6-7,14-16H2,1H3,(H,24,27). The molecule has 1 fully saturated rings. The Morgan fingerprint density at radius 2 is 1.71 bits per heavy atom. The molecule has 144 valence electrons. The van der Waals surface area contributed by atoms with E-state index >= 15 is 0 Å². The highest BCUT2D eigenvalue weighted by Crippen LogP contribution is 2.39. The molecule has 1 aliphatic carbocycles. The van der Waals surface area contributed by atoms with E-state index in [-0.39, 0.29) is 18.4 Å². The molecule has 0 unspecified atom stereocenters. The lowest BCUT2D eigenvalue weighted by atomic mass is 9.88. The maximum absolute atomic E-state index is 13.3. The molecule has 5 heteroatoms. The molecule has 2 aliphatic rings. The van der Waals surface area contributed by atoms with E-state index in [1.54, 1.807) is 4.90 Å². The number of hydrogen-bond donors (Lipinski definition) is 1. The Hall–Kier alpha value is -2.95. The topological polar surface area (TPSA) is 61.8 Å². The molecule has 28 heavy (non-hydrogen) atoms. The van der Waals surface area contributed by atoms with Gasteiger partial charge in [-0.25, -0.2) is 0 Å². The average molecular weight is 375 g/mol. The molecule has 4 rings (SSSR count). The molecule has 1 aliphatic heterocycles. The summed E-state index contributed by atoms with van der Waals surface area (Å²) < 4.78 is 0. The number of nitrogens with one attached hydrogen (secondary N) is 1. The van der Waals surface area contributed by atoms with Crippen molar-refractivity contribution in [2.45, 2.75) is 44.7 Å². The first-order valence-electron chi connectivity index (χ1n) is 9.91. The molecule has 1 N–H and O–H groups in total. The van der Waals surface area contributed by atoms with Crippen LogP contribution in [-0.2, 0) is 9.59 Å². The first-order valence-corrected chi connectivity index (χ1v) is 9.91. The average Bonchev–Trinajstić information content (AvgIpc) is 2.96. The number of anilines is 1. The van der Waals surface area contributed by atoms with Gasteiger partial charge >= 0.3 is 0 Å². The summed E-state index contributed by atoms with van der Waals surface area (Å²) in [5.74, 6) is -0.334. The Bertz CT molecular complexity index is 897. The second-order valence-electron chi connectivity index (χ2n) is 7.68. The van der Waals surface area contributed by atoms with Crippen LogP contribution in [0.5, 0.6) is 0 Å². The highest BCUT2D eigenvalue weighted by molar-refractivity contribution is 6.47. The van der Waals surface area contributed by atoms with Crippen molar-refractivity contribution in [3.63, 3.8) is 0 Å². The van der Waals surface area contributed by atoms with Crippen LogP contribution in [0, 0.1) is 6.92 Å². The van der Waals surface area contributed by atoms with Gasteiger partial charge in [-0.2, -0.15) is 0 Å². The summed E-state index contributed by atoms with van der Waals surface area (Å²) >= 11 is 0. The van der Waals surface area contributed by atoms with Crippen LogP contribution < -0.4 is 5.32 Å². The first kappa shape index (κ1) is 18.4. The second kappa shape index (κ2) is 7.58. The van der Waals surface area contributed by atoms with E-state index in [9.17, 15) is 9.59 Å². The van der Waals surface area contributed by atoms with E-state index in [2.05, 4.69) is 5.32 Å². The first-order chi connectivity index (χ1) is 13.6. The zero-order valence-electron chi connectivity index (χ0n) is 16.1. The predicted octanol–water partition coefficient (Wildman–Crippen LogP) is 3.93. The summed E-state index contributed by atoms with van der Waals surface area (Å²) in [7, 11) is 0. The minimum absolute atomic E-state index is 0.0204. The number of aliphatic imine (C=N–C) groups is 1. The third-order valence-corrected chi connectivity index (χ3v) is 5.61. The van der Waals surface area contributed by atoms with Gasteiger partial charge in [-0.3, -0.25) is 14.6 Å². The molecular weight excluding hydrogens is 350 g/mol. The van der Waals surface area contributed by atoms with E-state index in [0.717, 1.165) is 48.9 Å². The lowest BCUT2D eigenvalue weighted by Gasteiger charge is -2.38. The molecule has 2 aromatic rings. The largest absolute Gasteiger partial charge is 0.325 e. The summed E-state index contributed by atoms with van der Waals surface area (Å²) in [5, 5.41) is 2.89. The van der Waals surface area contributed by atoms with Gasteiger partial charge < -0.3 is 10.2 Å². The number of amides is 2. The van der Waals surface area contributed by atoms with Gasteiger partial charge in [-0.15, -0.1) is 0 Å². The highest BCUT2D eigenvalue weighted by atomic mass is 16.2. The molecule has 0 aromatic heterocycles. The van der Waals surface area contributed by atoms with Gasteiger partial charge in [0.05, 0.1) is 0 Å². The molecule has 0 atom stereocenters. The molecule has 2 amide bonds. The third kappa shape index (κ3) is 3.57. The van der Waals surface area contributed by atoms with Crippen molar-refractivity contribution >= 4 is 23.2 Å². The Balaban J connectivity index is 1.59. The van der Waals surface area contributed by atoms with Crippen LogP contribution in [0.4, 0.5) is 5.69 Å². The van der Waals surface area contributed by atoms with Crippen LogP contribution in [-0.4, -0.2) is 34.6 Å². The fourth-order valence-electron chi connectivity index (χ4n) is 4.12. The zero-order valence-corrected chi connectivity index (χ0v) is 16.1. The highest BCUT2D eigenvalue weighted by Gasteiger charge is 2.48. The fourth-order valence-corrected chi connectivity index (χ4v) is 4.12. The molecular formula is C23H25N3O2. The number of para-hydroxylation sites is 1. The van der Waals surface area contributed by atoms with Crippen LogP contribution in [0.1, 0.15) is 43.2 Å². The number of aryl methyl sites for hydroxylation is 1. The zero-order chi connectivity index (χ0) is 19.6. The minimum Gasteiger partial charge on any atom is -0.325 e. The van der Waals surface area contributed by atoms with Crippen LogP contribution in [0.2, 0.25) is 0 Å².